The number of halogens is 1. The summed E-state index contributed by atoms with van der Waals surface area (Å²) in [7, 11) is 0. The lowest BCUT2D eigenvalue weighted by Crippen LogP contribution is -2.15. The van der Waals surface area contributed by atoms with E-state index < -0.39 is 0 Å². The zero-order valence-electron chi connectivity index (χ0n) is 10.1. The van der Waals surface area contributed by atoms with Crippen LogP contribution in [-0.4, -0.2) is 6.61 Å². The van der Waals surface area contributed by atoms with Gasteiger partial charge in [0.15, 0.2) is 0 Å². The van der Waals surface area contributed by atoms with Gasteiger partial charge in [-0.2, -0.15) is 0 Å². The highest BCUT2D eigenvalue weighted by Crippen LogP contribution is 2.26. The monoisotopic (exact) mass is 297 g/mol. The van der Waals surface area contributed by atoms with Gasteiger partial charge in [0, 0.05) is 11.0 Å². The summed E-state index contributed by atoms with van der Waals surface area (Å²) in [5, 5.41) is 0. The van der Waals surface area contributed by atoms with Crippen LogP contribution < -0.4 is 10.5 Å². The second-order valence-corrected chi connectivity index (χ2v) is 5.73. The van der Waals surface area contributed by atoms with Crippen LogP contribution in [0.1, 0.15) is 37.7 Å². The molecule has 3 heteroatoms. The van der Waals surface area contributed by atoms with E-state index in [0.717, 1.165) is 28.3 Å². The van der Waals surface area contributed by atoms with E-state index >= 15 is 0 Å². The lowest BCUT2D eigenvalue weighted by Gasteiger charge is -2.21. The summed E-state index contributed by atoms with van der Waals surface area (Å²) in [4.78, 5) is 0. The SMILES string of the molecule is NCc1cc(Br)cc(OCC2CCCCC2)c1. The molecule has 0 saturated heterocycles. The summed E-state index contributed by atoms with van der Waals surface area (Å²) in [6.45, 7) is 1.40. The Morgan fingerprint density at radius 2 is 1.94 bits per heavy atom. The van der Waals surface area contributed by atoms with Crippen LogP contribution in [0.2, 0.25) is 0 Å². The molecule has 1 aromatic rings. The average Bonchev–Trinajstić information content (AvgIpc) is 2.37. The van der Waals surface area contributed by atoms with Crippen molar-refractivity contribution < 1.29 is 4.74 Å². The minimum absolute atomic E-state index is 0.555. The second-order valence-electron chi connectivity index (χ2n) is 4.81. The Bertz CT molecular complexity index is 361. The van der Waals surface area contributed by atoms with Crippen LogP contribution >= 0.6 is 15.9 Å². The summed E-state index contributed by atoms with van der Waals surface area (Å²) in [6.07, 6.45) is 6.75. The van der Waals surface area contributed by atoms with Crippen LogP contribution in [0.3, 0.4) is 0 Å². The molecule has 1 fully saturated rings. The van der Waals surface area contributed by atoms with Crippen molar-refractivity contribution in [2.75, 3.05) is 6.61 Å². The van der Waals surface area contributed by atoms with Gasteiger partial charge in [0.05, 0.1) is 6.61 Å². The highest BCUT2D eigenvalue weighted by molar-refractivity contribution is 9.10. The maximum Gasteiger partial charge on any atom is 0.120 e. The van der Waals surface area contributed by atoms with Crippen LogP contribution in [0.25, 0.3) is 0 Å². The van der Waals surface area contributed by atoms with Crippen molar-refractivity contribution in [1.29, 1.82) is 0 Å². The summed E-state index contributed by atoms with van der Waals surface area (Å²) < 4.78 is 6.92. The van der Waals surface area contributed by atoms with Crippen molar-refractivity contribution >= 4 is 15.9 Å². The van der Waals surface area contributed by atoms with Gasteiger partial charge in [0.1, 0.15) is 5.75 Å². The number of nitrogens with two attached hydrogens (primary N) is 1. The third-order valence-corrected chi connectivity index (χ3v) is 3.84. The van der Waals surface area contributed by atoms with Gasteiger partial charge in [-0.1, -0.05) is 35.2 Å². The van der Waals surface area contributed by atoms with E-state index in [2.05, 4.69) is 15.9 Å². The molecular formula is C14H20BrNO. The second kappa shape index (κ2) is 6.41. The van der Waals surface area contributed by atoms with Crippen LogP contribution in [0, 0.1) is 5.92 Å². The first-order valence-corrected chi connectivity index (χ1v) is 7.19. The highest BCUT2D eigenvalue weighted by Gasteiger charge is 2.14. The van der Waals surface area contributed by atoms with E-state index in [1.807, 2.05) is 18.2 Å². The molecule has 0 unspecified atom stereocenters. The summed E-state index contributed by atoms with van der Waals surface area (Å²) in [6, 6.07) is 6.09. The average molecular weight is 298 g/mol. The van der Waals surface area contributed by atoms with Gasteiger partial charge >= 0.3 is 0 Å². The molecule has 17 heavy (non-hydrogen) atoms. The van der Waals surface area contributed by atoms with E-state index in [1.54, 1.807) is 0 Å². The predicted molar refractivity (Wildman–Crippen MR) is 74.1 cm³/mol. The van der Waals surface area contributed by atoms with Crippen LogP contribution in [0.5, 0.6) is 5.75 Å². The largest absolute Gasteiger partial charge is 0.493 e. The van der Waals surface area contributed by atoms with Gasteiger partial charge in [-0.3, -0.25) is 0 Å². The molecule has 0 bridgehead atoms. The topological polar surface area (TPSA) is 35.2 Å². The molecule has 2 rings (SSSR count). The van der Waals surface area contributed by atoms with E-state index in [-0.39, 0.29) is 0 Å². The Labute approximate surface area is 112 Å². The zero-order valence-corrected chi connectivity index (χ0v) is 11.7. The van der Waals surface area contributed by atoms with Crippen LogP contribution in [-0.2, 0) is 6.54 Å². The summed E-state index contributed by atoms with van der Waals surface area (Å²) in [5.41, 5.74) is 6.76. The molecule has 94 valence electrons. The lowest BCUT2D eigenvalue weighted by atomic mass is 9.90. The normalized spacial score (nSPS) is 17.1. The molecule has 0 amide bonds. The van der Waals surface area contributed by atoms with Gasteiger partial charge in [-0.15, -0.1) is 0 Å². The molecule has 1 saturated carbocycles. The Morgan fingerprint density at radius 1 is 1.18 bits per heavy atom. The fraction of sp³-hybridized carbons (Fsp3) is 0.571. The maximum absolute atomic E-state index is 5.88. The van der Waals surface area contributed by atoms with E-state index in [4.69, 9.17) is 10.5 Å². The first-order chi connectivity index (χ1) is 8.28. The lowest BCUT2D eigenvalue weighted by molar-refractivity contribution is 0.208. The van der Waals surface area contributed by atoms with Gasteiger partial charge in [-0.05, 0) is 42.5 Å². The Kier molecular flexibility index (Phi) is 4.86. The molecule has 2 nitrogen and oxygen atoms in total. The number of rotatable bonds is 4. The number of hydrogen-bond donors (Lipinski definition) is 1. The maximum atomic E-state index is 5.88. The van der Waals surface area contributed by atoms with E-state index in [9.17, 15) is 0 Å². The minimum atomic E-state index is 0.555. The molecule has 0 aromatic heterocycles. The first kappa shape index (κ1) is 12.9. The number of benzene rings is 1. The summed E-state index contributed by atoms with van der Waals surface area (Å²) >= 11 is 3.48. The zero-order chi connectivity index (χ0) is 12.1. The molecule has 0 aliphatic heterocycles. The third kappa shape index (κ3) is 4.00. The summed E-state index contributed by atoms with van der Waals surface area (Å²) in [5.74, 6) is 1.68. The molecule has 1 aromatic carbocycles. The minimum Gasteiger partial charge on any atom is -0.493 e. The third-order valence-electron chi connectivity index (χ3n) is 3.38. The predicted octanol–water partition coefficient (Wildman–Crippen LogP) is 3.87. The highest BCUT2D eigenvalue weighted by atomic mass is 79.9. The molecule has 2 N–H and O–H groups in total. The number of hydrogen-bond acceptors (Lipinski definition) is 2. The van der Waals surface area contributed by atoms with Gasteiger partial charge in [0.25, 0.3) is 0 Å². The molecule has 0 atom stereocenters. The fourth-order valence-electron chi connectivity index (χ4n) is 2.39. The molecule has 1 aliphatic carbocycles. The molecular weight excluding hydrogens is 278 g/mol. The van der Waals surface area contributed by atoms with Crippen molar-refractivity contribution in [2.45, 2.75) is 38.6 Å². The Balaban J connectivity index is 1.91. The molecule has 0 radical (unpaired) electrons. The van der Waals surface area contributed by atoms with Crippen molar-refractivity contribution in [2.24, 2.45) is 11.7 Å². The molecule has 0 spiro atoms. The standard InChI is InChI=1S/C14H20BrNO/c15-13-6-12(9-16)7-14(8-13)17-10-11-4-2-1-3-5-11/h6-8,11H,1-5,9-10,16H2. The van der Waals surface area contributed by atoms with Crippen molar-refractivity contribution in [1.82, 2.24) is 0 Å². The van der Waals surface area contributed by atoms with Crippen molar-refractivity contribution in [3.05, 3.63) is 28.2 Å². The Hall–Kier alpha value is -0.540. The smallest absolute Gasteiger partial charge is 0.120 e. The first-order valence-electron chi connectivity index (χ1n) is 6.40. The van der Waals surface area contributed by atoms with Crippen LogP contribution in [0.4, 0.5) is 0 Å². The fourth-order valence-corrected chi connectivity index (χ4v) is 2.91. The van der Waals surface area contributed by atoms with Gasteiger partial charge in [-0.25, -0.2) is 0 Å². The van der Waals surface area contributed by atoms with Crippen molar-refractivity contribution in [3.8, 4) is 5.75 Å². The Morgan fingerprint density at radius 3 is 2.65 bits per heavy atom. The molecule has 1 aliphatic rings. The van der Waals surface area contributed by atoms with Gasteiger partial charge < -0.3 is 10.5 Å². The number of ether oxygens (including phenoxy) is 1. The van der Waals surface area contributed by atoms with Crippen LogP contribution in [0.15, 0.2) is 22.7 Å². The molecule has 0 heterocycles. The van der Waals surface area contributed by atoms with Gasteiger partial charge in [0.2, 0.25) is 0 Å². The van der Waals surface area contributed by atoms with E-state index in [0.29, 0.717) is 6.54 Å². The van der Waals surface area contributed by atoms with E-state index in [1.165, 1.54) is 32.1 Å². The van der Waals surface area contributed by atoms with Crippen molar-refractivity contribution in [3.63, 3.8) is 0 Å². The quantitative estimate of drug-likeness (QED) is 0.916.